The lowest BCUT2D eigenvalue weighted by Gasteiger charge is -2.34. The van der Waals surface area contributed by atoms with E-state index in [-0.39, 0.29) is 5.69 Å². The fraction of sp³-hybridized carbons (Fsp3) is 0.579. The average molecular weight is 371 g/mol. The van der Waals surface area contributed by atoms with Crippen molar-refractivity contribution >= 4 is 11.4 Å². The summed E-state index contributed by atoms with van der Waals surface area (Å²) >= 11 is 0. The van der Waals surface area contributed by atoms with E-state index in [9.17, 15) is 10.1 Å². The maximum Gasteiger partial charge on any atom is 0.311 e. The zero-order chi connectivity index (χ0) is 18.8. The highest BCUT2D eigenvalue weighted by molar-refractivity contribution is 5.59. The second-order valence-electron chi connectivity index (χ2n) is 7.34. The van der Waals surface area contributed by atoms with Crippen molar-refractivity contribution in [3.05, 3.63) is 40.0 Å². The Hall–Kier alpha value is -2.64. The number of hydrogen-bond acceptors (Lipinski definition) is 6. The number of fused-ring (bicyclic) bond motifs is 1. The first-order chi connectivity index (χ1) is 13.2. The number of ether oxygens (including phenoxy) is 1. The third kappa shape index (κ3) is 3.48. The fourth-order valence-corrected chi connectivity index (χ4v) is 4.25. The molecule has 8 nitrogen and oxygen atoms in total. The highest BCUT2D eigenvalue weighted by atomic mass is 16.6. The second-order valence-corrected chi connectivity index (χ2v) is 7.34. The molecule has 0 radical (unpaired) electrons. The number of benzene rings is 1. The average Bonchev–Trinajstić information content (AvgIpc) is 2.95. The summed E-state index contributed by atoms with van der Waals surface area (Å²) in [5.41, 5.74) is 0.954. The van der Waals surface area contributed by atoms with E-state index in [1.165, 1.54) is 32.4 Å². The Morgan fingerprint density at radius 3 is 2.89 bits per heavy atom. The van der Waals surface area contributed by atoms with Crippen LogP contribution in [0.25, 0.3) is 0 Å². The SMILES string of the molecule is COc1cc(N2CCC[C@@H](c3nnc4n3CCCCC4)C2)ccc1[N+](=O)[O-]. The van der Waals surface area contributed by atoms with Gasteiger partial charge in [-0.05, 0) is 31.7 Å². The van der Waals surface area contributed by atoms with Gasteiger partial charge in [0.2, 0.25) is 0 Å². The number of nitro benzene ring substituents is 1. The van der Waals surface area contributed by atoms with Gasteiger partial charge in [0.1, 0.15) is 11.6 Å². The van der Waals surface area contributed by atoms with Crippen LogP contribution in [0.3, 0.4) is 0 Å². The molecule has 0 N–H and O–H groups in total. The van der Waals surface area contributed by atoms with E-state index < -0.39 is 4.92 Å². The minimum absolute atomic E-state index is 0.00224. The van der Waals surface area contributed by atoms with Crippen LogP contribution >= 0.6 is 0 Å². The Morgan fingerprint density at radius 1 is 1.19 bits per heavy atom. The Balaban J connectivity index is 1.57. The largest absolute Gasteiger partial charge is 0.490 e. The number of aryl methyl sites for hydroxylation is 1. The van der Waals surface area contributed by atoms with Crippen molar-refractivity contribution in [2.75, 3.05) is 25.1 Å². The molecule has 1 fully saturated rings. The van der Waals surface area contributed by atoms with Crippen molar-refractivity contribution in [2.24, 2.45) is 0 Å². The van der Waals surface area contributed by atoms with E-state index in [0.29, 0.717) is 11.7 Å². The molecule has 0 saturated carbocycles. The molecule has 4 rings (SSSR count). The lowest BCUT2D eigenvalue weighted by Crippen LogP contribution is -2.35. The lowest BCUT2D eigenvalue weighted by molar-refractivity contribution is -0.385. The maximum absolute atomic E-state index is 11.1. The highest BCUT2D eigenvalue weighted by Crippen LogP contribution is 2.35. The quantitative estimate of drug-likeness (QED) is 0.605. The van der Waals surface area contributed by atoms with Gasteiger partial charge >= 0.3 is 5.69 Å². The molecule has 2 aromatic rings. The minimum Gasteiger partial charge on any atom is -0.490 e. The van der Waals surface area contributed by atoms with Gasteiger partial charge in [-0.25, -0.2) is 0 Å². The number of methoxy groups -OCH3 is 1. The topological polar surface area (TPSA) is 86.3 Å². The molecule has 27 heavy (non-hydrogen) atoms. The van der Waals surface area contributed by atoms with Crippen molar-refractivity contribution in [3.63, 3.8) is 0 Å². The minimum atomic E-state index is -0.410. The van der Waals surface area contributed by atoms with Gasteiger partial charge in [-0.1, -0.05) is 6.42 Å². The smallest absolute Gasteiger partial charge is 0.311 e. The van der Waals surface area contributed by atoms with Crippen LogP contribution in [-0.2, 0) is 13.0 Å². The third-order valence-corrected chi connectivity index (χ3v) is 5.65. The zero-order valence-corrected chi connectivity index (χ0v) is 15.6. The van der Waals surface area contributed by atoms with Crippen LogP contribution in [0.4, 0.5) is 11.4 Å². The molecule has 1 aromatic heterocycles. The highest BCUT2D eigenvalue weighted by Gasteiger charge is 2.28. The summed E-state index contributed by atoms with van der Waals surface area (Å²) in [7, 11) is 1.47. The van der Waals surface area contributed by atoms with Gasteiger partial charge in [0, 0.05) is 49.8 Å². The van der Waals surface area contributed by atoms with E-state index in [2.05, 4.69) is 19.7 Å². The van der Waals surface area contributed by atoms with Crippen LogP contribution in [0.5, 0.6) is 5.75 Å². The third-order valence-electron chi connectivity index (χ3n) is 5.65. The van der Waals surface area contributed by atoms with E-state index >= 15 is 0 Å². The van der Waals surface area contributed by atoms with Crippen molar-refractivity contribution in [1.82, 2.24) is 14.8 Å². The Labute approximate surface area is 158 Å². The lowest BCUT2D eigenvalue weighted by atomic mass is 9.96. The van der Waals surface area contributed by atoms with Crippen LogP contribution in [0.15, 0.2) is 18.2 Å². The number of nitro groups is 1. The molecule has 8 heteroatoms. The molecule has 1 atom stereocenters. The molecule has 1 saturated heterocycles. The normalized spacial score (nSPS) is 20.0. The summed E-state index contributed by atoms with van der Waals surface area (Å²) < 4.78 is 7.56. The summed E-state index contributed by atoms with van der Waals surface area (Å²) in [6.07, 6.45) is 6.81. The number of aromatic nitrogens is 3. The first-order valence-corrected chi connectivity index (χ1v) is 9.66. The van der Waals surface area contributed by atoms with Crippen LogP contribution < -0.4 is 9.64 Å². The van der Waals surface area contributed by atoms with Crippen molar-refractivity contribution in [2.45, 2.75) is 51.0 Å². The number of hydrogen-bond donors (Lipinski definition) is 0. The molecule has 0 amide bonds. The Bertz CT molecular complexity index is 835. The van der Waals surface area contributed by atoms with Gasteiger partial charge in [0.25, 0.3) is 0 Å². The van der Waals surface area contributed by atoms with Gasteiger partial charge in [-0.15, -0.1) is 10.2 Å². The zero-order valence-electron chi connectivity index (χ0n) is 15.6. The van der Waals surface area contributed by atoms with Gasteiger partial charge in [0.15, 0.2) is 5.75 Å². The van der Waals surface area contributed by atoms with Gasteiger partial charge in [0.05, 0.1) is 12.0 Å². The van der Waals surface area contributed by atoms with Crippen LogP contribution in [-0.4, -0.2) is 39.9 Å². The fourth-order valence-electron chi connectivity index (χ4n) is 4.25. The molecule has 1 aromatic carbocycles. The first kappa shape index (κ1) is 17.8. The standard InChI is InChI=1S/C19H25N5O3/c1-27-17-12-15(8-9-16(17)24(25)26)22-10-5-6-14(13-22)19-21-20-18-7-3-2-4-11-23(18)19/h8-9,12,14H,2-7,10-11,13H2,1H3/t14-/m1/s1. The number of anilines is 1. The number of piperidine rings is 1. The molecule has 3 heterocycles. The van der Waals surface area contributed by atoms with Crippen molar-refractivity contribution in [1.29, 1.82) is 0 Å². The van der Waals surface area contributed by atoms with E-state index in [0.717, 1.165) is 56.2 Å². The second kappa shape index (κ2) is 7.54. The molecule has 2 aliphatic heterocycles. The van der Waals surface area contributed by atoms with Crippen LogP contribution in [0, 0.1) is 10.1 Å². The predicted octanol–water partition coefficient (Wildman–Crippen LogP) is 3.31. The van der Waals surface area contributed by atoms with Gasteiger partial charge < -0.3 is 14.2 Å². The van der Waals surface area contributed by atoms with E-state index in [1.54, 1.807) is 6.07 Å². The molecule has 0 unspecified atom stereocenters. The molecule has 144 valence electrons. The van der Waals surface area contributed by atoms with Gasteiger partial charge in [-0.3, -0.25) is 10.1 Å². The van der Waals surface area contributed by atoms with E-state index in [4.69, 9.17) is 4.74 Å². The Morgan fingerprint density at radius 2 is 2.07 bits per heavy atom. The van der Waals surface area contributed by atoms with E-state index in [1.807, 2.05) is 6.07 Å². The number of nitrogens with zero attached hydrogens (tertiary/aromatic N) is 5. The number of rotatable bonds is 4. The van der Waals surface area contributed by atoms with Crippen LogP contribution in [0.2, 0.25) is 0 Å². The Kier molecular flexibility index (Phi) is 4.96. The first-order valence-electron chi connectivity index (χ1n) is 9.66. The molecule has 2 aliphatic rings. The summed E-state index contributed by atoms with van der Waals surface area (Å²) in [6, 6.07) is 5.11. The summed E-state index contributed by atoms with van der Waals surface area (Å²) in [4.78, 5) is 13.0. The van der Waals surface area contributed by atoms with Crippen molar-refractivity contribution in [3.8, 4) is 5.75 Å². The molecule has 0 aliphatic carbocycles. The maximum atomic E-state index is 11.1. The van der Waals surface area contributed by atoms with Crippen LogP contribution in [0.1, 0.15) is 49.7 Å². The molecular weight excluding hydrogens is 346 g/mol. The van der Waals surface area contributed by atoms with Gasteiger partial charge in [-0.2, -0.15) is 0 Å². The molecule has 0 bridgehead atoms. The monoisotopic (exact) mass is 371 g/mol. The summed E-state index contributed by atoms with van der Waals surface area (Å²) in [5.74, 6) is 2.86. The predicted molar refractivity (Wildman–Crippen MR) is 101 cm³/mol. The summed E-state index contributed by atoms with van der Waals surface area (Å²) in [6.45, 7) is 2.79. The van der Waals surface area contributed by atoms with Crippen molar-refractivity contribution < 1.29 is 9.66 Å². The molecule has 0 spiro atoms. The summed E-state index contributed by atoms with van der Waals surface area (Å²) in [5, 5.41) is 20.1. The molecular formula is C19H25N5O3.